The number of aromatic nitrogens is 2. The molecule has 5 nitrogen and oxygen atoms in total. The number of thiocarbonyl (C=S) groups is 1. The van der Waals surface area contributed by atoms with Gasteiger partial charge in [-0.3, -0.25) is 0 Å². The Balaban J connectivity index is 1.42. The van der Waals surface area contributed by atoms with Crippen molar-refractivity contribution in [2.45, 2.75) is 51.1 Å². The number of hydrogen-bond acceptors (Lipinski definition) is 3. The molecule has 0 bridgehead atoms. The maximum atomic E-state index is 5.75. The lowest BCUT2D eigenvalue weighted by Gasteiger charge is -2.36. The van der Waals surface area contributed by atoms with Crippen LogP contribution in [0.4, 0.5) is 0 Å². The van der Waals surface area contributed by atoms with Gasteiger partial charge in [0.05, 0.1) is 23.8 Å². The average molecular weight is 383 g/mol. The first-order valence-electron chi connectivity index (χ1n) is 9.80. The van der Waals surface area contributed by atoms with Crippen LogP contribution in [0.1, 0.15) is 43.7 Å². The van der Waals surface area contributed by atoms with E-state index in [1.165, 1.54) is 32.1 Å². The summed E-state index contributed by atoms with van der Waals surface area (Å²) in [7, 11) is 0. The van der Waals surface area contributed by atoms with E-state index in [1.54, 1.807) is 6.26 Å². The summed E-state index contributed by atoms with van der Waals surface area (Å²) in [6.45, 7) is 1.49. The number of aromatic amines is 1. The average Bonchev–Trinajstić information content (AvgIpc) is 3.36. The molecule has 1 aromatic carbocycles. The van der Waals surface area contributed by atoms with E-state index in [9.17, 15) is 0 Å². The smallest absolute Gasteiger partial charge is 0.169 e. The van der Waals surface area contributed by atoms with Gasteiger partial charge >= 0.3 is 0 Å². The predicted molar refractivity (Wildman–Crippen MR) is 112 cm³/mol. The summed E-state index contributed by atoms with van der Waals surface area (Å²) in [4.78, 5) is 10.5. The molecule has 0 radical (unpaired) electrons. The van der Waals surface area contributed by atoms with Crippen LogP contribution in [0, 0.1) is 0 Å². The first-order chi connectivity index (χ1) is 13.3. The maximum Gasteiger partial charge on any atom is 0.169 e. The molecule has 6 heteroatoms. The Morgan fingerprint density at radius 3 is 2.81 bits per heavy atom. The fourth-order valence-electron chi connectivity index (χ4n) is 3.87. The molecule has 27 heavy (non-hydrogen) atoms. The van der Waals surface area contributed by atoms with E-state index in [4.69, 9.17) is 21.6 Å². The highest BCUT2D eigenvalue weighted by Crippen LogP contribution is 2.23. The first-order valence-corrected chi connectivity index (χ1v) is 10.2. The van der Waals surface area contributed by atoms with Crippen molar-refractivity contribution >= 4 is 28.4 Å². The molecule has 2 aromatic heterocycles. The summed E-state index contributed by atoms with van der Waals surface area (Å²) < 4.78 is 5.42. The van der Waals surface area contributed by atoms with Crippen molar-refractivity contribution in [1.29, 1.82) is 0 Å². The number of nitrogens with one attached hydrogen (secondary N) is 2. The molecule has 3 aromatic rings. The minimum Gasteiger partial charge on any atom is -0.467 e. The van der Waals surface area contributed by atoms with Gasteiger partial charge in [0, 0.05) is 19.0 Å². The van der Waals surface area contributed by atoms with Crippen molar-refractivity contribution < 1.29 is 4.42 Å². The van der Waals surface area contributed by atoms with Gasteiger partial charge in [-0.05, 0) is 49.3 Å². The highest BCUT2D eigenvalue weighted by atomic mass is 32.1. The monoisotopic (exact) mass is 382 g/mol. The third kappa shape index (κ3) is 4.50. The van der Waals surface area contributed by atoms with Crippen LogP contribution in [0.3, 0.4) is 0 Å². The summed E-state index contributed by atoms with van der Waals surface area (Å²) in [6.07, 6.45) is 8.87. The molecule has 0 spiro atoms. The van der Waals surface area contributed by atoms with Crippen LogP contribution in [0.25, 0.3) is 11.0 Å². The van der Waals surface area contributed by atoms with Gasteiger partial charge in [-0.25, -0.2) is 4.98 Å². The molecule has 0 unspecified atom stereocenters. The van der Waals surface area contributed by atoms with Gasteiger partial charge in [0.2, 0.25) is 0 Å². The topological polar surface area (TPSA) is 57.1 Å². The van der Waals surface area contributed by atoms with Gasteiger partial charge in [-0.1, -0.05) is 31.4 Å². The third-order valence-corrected chi connectivity index (χ3v) is 5.68. The Hall–Kier alpha value is -2.34. The second-order valence-electron chi connectivity index (χ2n) is 7.17. The zero-order valence-electron chi connectivity index (χ0n) is 15.5. The van der Waals surface area contributed by atoms with Crippen LogP contribution in [-0.4, -0.2) is 32.6 Å². The summed E-state index contributed by atoms with van der Waals surface area (Å²) in [5.74, 6) is 1.92. The zero-order chi connectivity index (χ0) is 18.5. The third-order valence-electron chi connectivity index (χ3n) is 5.30. The van der Waals surface area contributed by atoms with Crippen LogP contribution in [-0.2, 0) is 13.0 Å². The van der Waals surface area contributed by atoms with Gasteiger partial charge in [-0.2, -0.15) is 0 Å². The van der Waals surface area contributed by atoms with E-state index < -0.39 is 0 Å². The number of H-pyrrole nitrogens is 1. The predicted octanol–water partition coefficient (Wildman–Crippen LogP) is 4.41. The van der Waals surface area contributed by atoms with Crippen LogP contribution >= 0.6 is 12.2 Å². The molecule has 1 saturated carbocycles. The van der Waals surface area contributed by atoms with E-state index in [1.807, 2.05) is 30.3 Å². The van der Waals surface area contributed by atoms with E-state index in [-0.39, 0.29) is 0 Å². The lowest BCUT2D eigenvalue weighted by atomic mass is 9.94. The molecule has 0 atom stereocenters. The fraction of sp³-hybridized carbons (Fsp3) is 0.429. The summed E-state index contributed by atoms with van der Waals surface area (Å²) in [5, 5.41) is 4.19. The molecule has 0 amide bonds. The Labute approximate surface area is 165 Å². The molecular weight excluding hydrogens is 356 g/mol. The van der Waals surface area contributed by atoms with Crippen molar-refractivity contribution in [3.8, 4) is 0 Å². The molecule has 0 aliphatic heterocycles. The zero-order valence-corrected chi connectivity index (χ0v) is 16.3. The van der Waals surface area contributed by atoms with Gasteiger partial charge in [0.1, 0.15) is 11.6 Å². The van der Waals surface area contributed by atoms with E-state index in [0.717, 1.165) is 40.7 Å². The van der Waals surface area contributed by atoms with Crippen molar-refractivity contribution in [1.82, 2.24) is 20.2 Å². The van der Waals surface area contributed by atoms with Crippen molar-refractivity contribution in [3.05, 3.63) is 54.2 Å². The number of fused-ring (bicyclic) bond motifs is 1. The van der Waals surface area contributed by atoms with E-state index in [0.29, 0.717) is 12.6 Å². The minimum absolute atomic E-state index is 0.514. The number of benzene rings is 1. The largest absolute Gasteiger partial charge is 0.467 e. The Morgan fingerprint density at radius 2 is 2.04 bits per heavy atom. The molecule has 2 heterocycles. The molecule has 142 valence electrons. The molecule has 1 aliphatic carbocycles. The van der Waals surface area contributed by atoms with Gasteiger partial charge in [0.25, 0.3) is 0 Å². The number of nitrogens with zero attached hydrogens (tertiary/aromatic N) is 2. The van der Waals surface area contributed by atoms with Gasteiger partial charge in [0.15, 0.2) is 5.11 Å². The maximum absolute atomic E-state index is 5.75. The standard InChI is InChI=1S/C21H26N4OS/c27-21(22-15-17-9-6-14-26-17)25(16-7-2-1-3-8-16)13-12-20-23-18-10-4-5-11-19(18)24-20/h4-6,9-11,14,16H,1-3,7-8,12-13,15H2,(H,22,27)(H,23,24). The first kappa shape index (κ1) is 18.0. The van der Waals surface area contributed by atoms with Gasteiger partial charge < -0.3 is 19.6 Å². The lowest BCUT2D eigenvalue weighted by molar-refractivity contribution is 0.241. The molecule has 0 saturated heterocycles. The summed E-state index contributed by atoms with van der Waals surface area (Å²) in [5.41, 5.74) is 2.12. The van der Waals surface area contributed by atoms with Crippen molar-refractivity contribution in [2.75, 3.05) is 6.54 Å². The molecule has 1 fully saturated rings. The number of hydrogen-bond donors (Lipinski definition) is 2. The van der Waals surface area contributed by atoms with Crippen molar-refractivity contribution in [2.24, 2.45) is 0 Å². The van der Waals surface area contributed by atoms with Crippen LogP contribution in [0.15, 0.2) is 47.1 Å². The van der Waals surface area contributed by atoms with Crippen LogP contribution in [0.5, 0.6) is 0 Å². The lowest BCUT2D eigenvalue weighted by Crippen LogP contribution is -2.47. The molecular formula is C21H26N4OS. The second kappa shape index (κ2) is 8.57. The Bertz CT molecular complexity index is 834. The van der Waals surface area contributed by atoms with Crippen molar-refractivity contribution in [3.63, 3.8) is 0 Å². The molecule has 4 rings (SSSR count). The Kier molecular flexibility index (Phi) is 5.72. The summed E-state index contributed by atoms with van der Waals surface area (Å²) >= 11 is 5.75. The second-order valence-corrected chi connectivity index (χ2v) is 7.56. The number of para-hydroxylation sites is 2. The normalized spacial score (nSPS) is 15.1. The molecule has 1 aliphatic rings. The SMILES string of the molecule is S=C(NCc1ccco1)N(CCc1nc2ccccc2[nH]1)C1CCCCC1. The van der Waals surface area contributed by atoms with Crippen LogP contribution in [0.2, 0.25) is 0 Å². The highest BCUT2D eigenvalue weighted by molar-refractivity contribution is 7.80. The quantitative estimate of drug-likeness (QED) is 0.619. The number of rotatable bonds is 6. The number of imidazole rings is 1. The van der Waals surface area contributed by atoms with Crippen LogP contribution < -0.4 is 5.32 Å². The minimum atomic E-state index is 0.514. The highest BCUT2D eigenvalue weighted by Gasteiger charge is 2.23. The molecule has 2 N–H and O–H groups in total. The van der Waals surface area contributed by atoms with E-state index >= 15 is 0 Å². The van der Waals surface area contributed by atoms with E-state index in [2.05, 4.69) is 21.3 Å². The Morgan fingerprint density at radius 1 is 1.19 bits per heavy atom. The summed E-state index contributed by atoms with van der Waals surface area (Å²) in [6, 6.07) is 12.6. The van der Waals surface area contributed by atoms with Gasteiger partial charge in [-0.15, -0.1) is 0 Å². The fourth-order valence-corrected chi connectivity index (χ4v) is 4.18. The number of furan rings is 1.